The van der Waals surface area contributed by atoms with Gasteiger partial charge in [-0.25, -0.2) is 4.79 Å². The van der Waals surface area contributed by atoms with Gasteiger partial charge in [0.05, 0.1) is 17.8 Å². The highest BCUT2D eigenvalue weighted by Gasteiger charge is 2.49. The van der Waals surface area contributed by atoms with Crippen LogP contribution >= 0.6 is 0 Å². The van der Waals surface area contributed by atoms with Crippen molar-refractivity contribution >= 4 is 16.9 Å². The molecule has 0 radical (unpaired) electrons. The van der Waals surface area contributed by atoms with Gasteiger partial charge in [0.15, 0.2) is 0 Å². The van der Waals surface area contributed by atoms with Gasteiger partial charge in [0.25, 0.3) is 0 Å². The lowest BCUT2D eigenvalue weighted by Crippen LogP contribution is -2.35. The van der Waals surface area contributed by atoms with Gasteiger partial charge in [0, 0.05) is 10.9 Å². The van der Waals surface area contributed by atoms with E-state index < -0.39 is 18.2 Å². The lowest BCUT2D eigenvalue weighted by atomic mass is 9.98. The fraction of sp³-hybridized carbons (Fsp3) is 0.160. The molecule has 0 saturated carbocycles. The number of ether oxygens (including phenoxy) is 1. The molecule has 0 spiro atoms. The number of carbonyl (C=O) groups is 1. The summed E-state index contributed by atoms with van der Waals surface area (Å²) in [6.07, 6.45) is -4.84. The molecule has 0 aliphatic heterocycles. The third-order valence-electron chi connectivity index (χ3n) is 5.10. The Morgan fingerprint density at radius 3 is 2.00 bits per heavy atom. The van der Waals surface area contributed by atoms with Crippen LogP contribution in [0.3, 0.4) is 0 Å². The Labute approximate surface area is 177 Å². The molecule has 158 valence electrons. The number of nitrogens with zero attached hydrogens (tertiary/aromatic N) is 1. The summed E-state index contributed by atoms with van der Waals surface area (Å²) in [5.74, 6) is -1.33. The predicted molar refractivity (Wildman–Crippen MR) is 115 cm³/mol. The van der Waals surface area contributed by atoms with Crippen molar-refractivity contribution in [2.24, 2.45) is 0 Å². The number of hydrogen-bond acceptors (Lipinski definition) is 2. The van der Waals surface area contributed by atoms with E-state index in [1.165, 1.54) is 6.92 Å². The maximum atomic E-state index is 14.3. The maximum Gasteiger partial charge on any atom is 0.420 e. The van der Waals surface area contributed by atoms with E-state index in [-0.39, 0.29) is 6.61 Å². The van der Waals surface area contributed by atoms with Crippen LogP contribution in [0.2, 0.25) is 0 Å². The molecule has 1 aromatic heterocycles. The molecule has 0 aliphatic carbocycles. The molecular weight excluding hydrogens is 403 g/mol. The number of esters is 1. The molecule has 4 aromatic rings. The first-order chi connectivity index (χ1) is 14.9. The van der Waals surface area contributed by atoms with Crippen LogP contribution in [0.4, 0.5) is 13.2 Å². The molecule has 0 N–H and O–H groups in total. The highest BCUT2D eigenvalue weighted by Crippen LogP contribution is 2.46. The van der Waals surface area contributed by atoms with Gasteiger partial charge in [-0.15, -0.1) is 0 Å². The summed E-state index contributed by atoms with van der Waals surface area (Å²) in [7, 11) is 0. The van der Waals surface area contributed by atoms with Crippen LogP contribution in [0, 0.1) is 0 Å². The van der Waals surface area contributed by atoms with Gasteiger partial charge in [-0.1, -0.05) is 78.9 Å². The van der Waals surface area contributed by atoms with Crippen molar-refractivity contribution in [1.29, 1.82) is 0 Å². The van der Waals surface area contributed by atoms with Gasteiger partial charge in [-0.3, -0.25) is 0 Å². The molecule has 0 amide bonds. The first-order valence-electron chi connectivity index (χ1n) is 9.90. The Bertz CT molecular complexity index is 1200. The zero-order valence-electron chi connectivity index (χ0n) is 16.8. The number of aromatic nitrogens is 1. The Hall–Kier alpha value is -3.54. The molecule has 0 bridgehead atoms. The van der Waals surface area contributed by atoms with Crippen LogP contribution < -0.4 is 0 Å². The monoisotopic (exact) mass is 423 g/mol. The molecule has 0 fully saturated rings. The van der Waals surface area contributed by atoms with E-state index in [0.29, 0.717) is 27.7 Å². The van der Waals surface area contributed by atoms with E-state index in [9.17, 15) is 18.0 Å². The van der Waals surface area contributed by atoms with Gasteiger partial charge in [-0.2, -0.15) is 13.2 Å². The van der Waals surface area contributed by atoms with Crippen molar-refractivity contribution in [2.45, 2.75) is 19.1 Å². The number of alkyl halides is 3. The highest BCUT2D eigenvalue weighted by molar-refractivity contribution is 6.05. The number of benzene rings is 3. The van der Waals surface area contributed by atoms with Crippen molar-refractivity contribution in [3.05, 3.63) is 84.9 Å². The minimum atomic E-state index is -4.84. The highest BCUT2D eigenvalue weighted by atomic mass is 19.4. The zero-order valence-corrected chi connectivity index (χ0v) is 16.8. The average molecular weight is 423 g/mol. The first kappa shape index (κ1) is 20.7. The van der Waals surface area contributed by atoms with Crippen molar-refractivity contribution in [3.63, 3.8) is 0 Å². The van der Waals surface area contributed by atoms with Gasteiger partial charge < -0.3 is 9.30 Å². The molecule has 6 heteroatoms. The second-order valence-corrected chi connectivity index (χ2v) is 7.04. The number of para-hydroxylation sites is 1. The molecular formula is C25H20F3NO2. The zero-order chi connectivity index (χ0) is 22.0. The minimum absolute atomic E-state index is 0.142. The van der Waals surface area contributed by atoms with E-state index >= 15 is 0 Å². The van der Waals surface area contributed by atoms with E-state index in [1.807, 2.05) is 30.3 Å². The van der Waals surface area contributed by atoms with Gasteiger partial charge in [0.2, 0.25) is 6.04 Å². The van der Waals surface area contributed by atoms with Gasteiger partial charge in [0.1, 0.15) is 0 Å². The summed E-state index contributed by atoms with van der Waals surface area (Å²) in [6.45, 7) is 1.35. The summed E-state index contributed by atoms with van der Waals surface area (Å²) >= 11 is 0. The van der Waals surface area contributed by atoms with Gasteiger partial charge >= 0.3 is 12.1 Å². The summed E-state index contributed by atoms with van der Waals surface area (Å²) in [5, 5.41) is 0.631. The van der Waals surface area contributed by atoms with E-state index in [4.69, 9.17) is 4.74 Å². The molecule has 3 aromatic carbocycles. The van der Waals surface area contributed by atoms with Crippen LogP contribution in [-0.2, 0) is 9.53 Å². The van der Waals surface area contributed by atoms with Crippen LogP contribution in [0.15, 0.2) is 84.9 Å². The fourth-order valence-electron chi connectivity index (χ4n) is 3.91. The molecule has 1 heterocycles. The second kappa shape index (κ2) is 8.30. The van der Waals surface area contributed by atoms with Gasteiger partial charge in [-0.05, 0) is 24.1 Å². The molecule has 1 atom stereocenters. The van der Waals surface area contributed by atoms with Crippen molar-refractivity contribution in [2.75, 3.05) is 6.61 Å². The fourth-order valence-corrected chi connectivity index (χ4v) is 3.91. The topological polar surface area (TPSA) is 31.2 Å². The molecule has 0 aliphatic rings. The predicted octanol–water partition coefficient (Wildman–Crippen LogP) is 6.64. The normalized spacial score (nSPS) is 12.6. The van der Waals surface area contributed by atoms with Crippen molar-refractivity contribution in [1.82, 2.24) is 4.57 Å². The lowest BCUT2D eigenvalue weighted by Gasteiger charge is -2.24. The smallest absolute Gasteiger partial charge is 0.420 e. The van der Waals surface area contributed by atoms with E-state index in [1.54, 1.807) is 54.6 Å². The van der Waals surface area contributed by atoms with Crippen LogP contribution in [0.1, 0.15) is 13.0 Å². The number of carbonyl (C=O) groups excluding carboxylic acids is 1. The minimum Gasteiger partial charge on any atom is -0.464 e. The average Bonchev–Trinajstić information content (AvgIpc) is 3.09. The Morgan fingerprint density at radius 2 is 1.42 bits per heavy atom. The Balaban J connectivity index is 2.16. The summed E-state index contributed by atoms with van der Waals surface area (Å²) in [6, 6.07) is 22.4. The summed E-state index contributed by atoms with van der Waals surface area (Å²) < 4.78 is 48.8. The third-order valence-corrected chi connectivity index (χ3v) is 5.10. The Morgan fingerprint density at radius 1 is 0.871 bits per heavy atom. The molecule has 4 rings (SSSR count). The summed E-state index contributed by atoms with van der Waals surface area (Å²) in [5.41, 5.74) is 2.62. The van der Waals surface area contributed by atoms with Crippen LogP contribution in [-0.4, -0.2) is 23.3 Å². The molecule has 3 nitrogen and oxygen atoms in total. The number of halogens is 3. The van der Waals surface area contributed by atoms with E-state index in [0.717, 1.165) is 10.1 Å². The number of fused-ring (bicyclic) bond motifs is 1. The van der Waals surface area contributed by atoms with Crippen molar-refractivity contribution < 1.29 is 22.7 Å². The number of rotatable bonds is 5. The van der Waals surface area contributed by atoms with Crippen LogP contribution in [0.5, 0.6) is 0 Å². The third kappa shape index (κ3) is 3.81. The number of hydrogen-bond donors (Lipinski definition) is 0. The largest absolute Gasteiger partial charge is 0.464 e. The second-order valence-electron chi connectivity index (χ2n) is 7.04. The quantitative estimate of drug-likeness (QED) is 0.337. The van der Waals surface area contributed by atoms with Crippen molar-refractivity contribution in [3.8, 4) is 22.4 Å². The standard InChI is InChI=1S/C25H20F3NO2/c1-2-31-24(30)23(25(26,27)28)29-20-16-10-9-15-19(20)21(17-11-5-3-6-12-17)22(29)18-13-7-4-8-14-18/h3-16,23H,2H2,1H3. The maximum absolute atomic E-state index is 14.3. The summed E-state index contributed by atoms with van der Waals surface area (Å²) in [4.78, 5) is 12.6. The lowest BCUT2D eigenvalue weighted by molar-refractivity contribution is -0.191. The molecule has 0 saturated heterocycles. The SMILES string of the molecule is CCOC(=O)C(n1c(-c2ccccc2)c(-c2ccccc2)c2ccccc21)C(F)(F)F. The Kier molecular flexibility index (Phi) is 5.55. The van der Waals surface area contributed by atoms with Crippen LogP contribution in [0.25, 0.3) is 33.3 Å². The van der Waals surface area contributed by atoms with E-state index in [2.05, 4.69) is 0 Å². The molecule has 1 unspecified atom stereocenters. The molecule has 31 heavy (non-hydrogen) atoms. The first-order valence-corrected chi connectivity index (χ1v) is 9.90.